The van der Waals surface area contributed by atoms with E-state index in [1.54, 1.807) is 4.68 Å². The van der Waals surface area contributed by atoms with Gasteiger partial charge in [-0.3, -0.25) is 19.8 Å². The SMILES string of the molecule is Cc1ccc(-n2nc3c(=O)[nH][nH]c(=O)c3c2-c2ccccc2)cc1. The van der Waals surface area contributed by atoms with Gasteiger partial charge >= 0.3 is 0 Å². The Bertz CT molecular complexity index is 1140. The summed E-state index contributed by atoms with van der Waals surface area (Å²) in [4.78, 5) is 24.5. The summed E-state index contributed by atoms with van der Waals surface area (Å²) in [5, 5.41) is 9.39. The number of aryl methyl sites for hydroxylation is 1. The molecule has 118 valence electrons. The minimum atomic E-state index is -0.423. The van der Waals surface area contributed by atoms with Crippen LogP contribution >= 0.6 is 0 Å². The van der Waals surface area contributed by atoms with Crippen LogP contribution in [0.3, 0.4) is 0 Å². The summed E-state index contributed by atoms with van der Waals surface area (Å²) < 4.78 is 1.64. The molecule has 0 radical (unpaired) electrons. The van der Waals surface area contributed by atoms with E-state index in [0.717, 1.165) is 16.8 Å². The summed E-state index contributed by atoms with van der Waals surface area (Å²) in [6.07, 6.45) is 0. The second kappa shape index (κ2) is 5.34. The molecule has 0 aliphatic rings. The molecule has 4 aromatic rings. The largest absolute Gasteiger partial charge is 0.291 e. The molecule has 24 heavy (non-hydrogen) atoms. The van der Waals surface area contributed by atoms with Crippen molar-refractivity contribution in [2.24, 2.45) is 0 Å². The van der Waals surface area contributed by atoms with Crippen LogP contribution in [0.4, 0.5) is 0 Å². The highest BCUT2D eigenvalue weighted by molar-refractivity contribution is 5.92. The maximum atomic E-state index is 12.3. The molecule has 0 fully saturated rings. The fraction of sp³-hybridized carbons (Fsp3) is 0.0556. The van der Waals surface area contributed by atoms with Crippen LogP contribution in [0.1, 0.15) is 5.56 Å². The van der Waals surface area contributed by atoms with Crippen molar-refractivity contribution in [3.8, 4) is 16.9 Å². The molecule has 2 N–H and O–H groups in total. The highest BCUT2D eigenvalue weighted by Gasteiger charge is 2.19. The number of aromatic nitrogens is 4. The summed E-state index contributed by atoms with van der Waals surface area (Å²) in [7, 11) is 0. The molecule has 0 bridgehead atoms. The van der Waals surface area contributed by atoms with Crippen LogP contribution < -0.4 is 11.1 Å². The minimum Gasteiger partial charge on any atom is -0.267 e. The number of H-pyrrole nitrogens is 2. The van der Waals surface area contributed by atoms with Gasteiger partial charge in [0.25, 0.3) is 11.1 Å². The third-order valence-corrected chi connectivity index (χ3v) is 3.94. The Hall–Kier alpha value is -3.41. The molecule has 0 saturated heterocycles. The van der Waals surface area contributed by atoms with Crippen LogP contribution in [0.15, 0.2) is 64.2 Å². The molecule has 2 aromatic carbocycles. The zero-order chi connectivity index (χ0) is 16.7. The van der Waals surface area contributed by atoms with Crippen LogP contribution in [0.5, 0.6) is 0 Å². The predicted octanol–water partition coefficient (Wildman–Crippen LogP) is 2.38. The van der Waals surface area contributed by atoms with E-state index in [2.05, 4.69) is 15.3 Å². The Morgan fingerprint density at radius 3 is 2.25 bits per heavy atom. The maximum absolute atomic E-state index is 12.3. The summed E-state index contributed by atoms with van der Waals surface area (Å²) >= 11 is 0. The zero-order valence-electron chi connectivity index (χ0n) is 12.9. The second-order valence-electron chi connectivity index (χ2n) is 5.59. The highest BCUT2D eigenvalue weighted by Crippen LogP contribution is 2.27. The van der Waals surface area contributed by atoms with Crippen molar-refractivity contribution in [2.75, 3.05) is 0 Å². The van der Waals surface area contributed by atoms with Gasteiger partial charge in [0.05, 0.1) is 11.4 Å². The van der Waals surface area contributed by atoms with E-state index < -0.39 is 5.56 Å². The molecule has 4 rings (SSSR count). The molecule has 0 atom stereocenters. The lowest BCUT2D eigenvalue weighted by molar-refractivity contribution is 0.896. The van der Waals surface area contributed by atoms with Crippen LogP contribution in [0, 0.1) is 6.92 Å². The first-order chi connectivity index (χ1) is 11.6. The van der Waals surface area contributed by atoms with Crippen LogP contribution in [-0.2, 0) is 0 Å². The topological polar surface area (TPSA) is 83.5 Å². The Kier molecular flexibility index (Phi) is 3.16. The van der Waals surface area contributed by atoms with Gasteiger partial charge in [0, 0.05) is 5.56 Å². The molecular formula is C18H14N4O2. The van der Waals surface area contributed by atoms with E-state index >= 15 is 0 Å². The Labute approximate surface area is 136 Å². The molecule has 2 heterocycles. The van der Waals surface area contributed by atoms with Gasteiger partial charge in [-0.05, 0) is 19.1 Å². The minimum absolute atomic E-state index is 0.123. The number of nitrogens with zero attached hydrogens (tertiary/aromatic N) is 2. The van der Waals surface area contributed by atoms with E-state index in [4.69, 9.17) is 0 Å². The van der Waals surface area contributed by atoms with Crippen molar-refractivity contribution in [1.29, 1.82) is 0 Å². The smallest absolute Gasteiger partial charge is 0.267 e. The summed E-state index contributed by atoms with van der Waals surface area (Å²) in [6.45, 7) is 2.00. The van der Waals surface area contributed by atoms with E-state index in [-0.39, 0.29) is 16.5 Å². The van der Waals surface area contributed by atoms with Gasteiger partial charge in [0.2, 0.25) is 0 Å². The fourth-order valence-electron chi connectivity index (χ4n) is 2.76. The molecule has 0 spiro atoms. The van der Waals surface area contributed by atoms with Gasteiger partial charge in [0.15, 0.2) is 5.52 Å². The normalized spacial score (nSPS) is 11.0. The van der Waals surface area contributed by atoms with E-state index in [9.17, 15) is 9.59 Å². The van der Waals surface area contributed by atoms with Gasteiger partial charge in [-0.25, -0.2) is 4.68 Å². The monoisotopic (exact) mass is 318 g/mol. The lowest BCUT2D eigenvalue weighted by atomic mass is 10.1. The van der Waals surface area contributed by atoms with Crippen molar-refractivity contribution >= 4 is 10.9 Å². The average molecular weight is 318 g/mol. The van der Waals surface area contributed by atoms with Crippen molar-refractivity contribution in [3.05, 3.63) is 80.9 Å². The molecule has 0 unspecified atom stereocenters. The first kappa shape index (κ1) is 14.2. The van der Waals surface area contributed by atoms with Crippen molar-refractivity contribution < 1.29 is 0 Å². The van der Waals surface area contributed by atoms with Gasteiger partial charge in [-0.1, -0.05) is 48.0 Å². The standard InChI is InChI=1S/C18H14N4O2/c1-11-7-9-13(10-8-11)22-16(12-5-3-2-4-6-12)14-15(21-22)18(24)20-19-17(14)23/h2-10H,1H3,(H,19,23)(H,20,24). The highest BCUT2D eigenvalue weighted by atomic mass is 16.1. The first-order valence-corrected chi connectivity index (χ1v) is 7.51. The molecule has 0 saturated carbocycles. The Morgan fingerprint density at radius 2 is 1.54 bits per heavy atom. The zero-order valence-corrected chi connectivity index (χ0v) is 12.9. The van der Waals surface area contributed by atoms with Gasteiger partial charge in [0.1, 0.15) is 5.39 Å². The van der Waals surface area contributed by atoms with Crippen LogP contribution in [-0.4, -0.2) is 20.0 Å². The van der Waals surface area contributed by atoms with E-state index in [0.29, 0.717) is 5.69 Å². The van der Waals surface area contributed by atoms with Crippen LogP contribution in [0.2, 0.25) is 0 Å². The fourth-order valence-corrected chi connectivity index (χ4v) is 2.76. The number of hydrogen-bond acceptors (Lipinski definition) is 3. The maximum Gasteiger partial charge on any atom is 0.291 e. The third-order valence-electron chi connectivity index (χ3n) is 3.94. The number of hydrogen-bond donors (Lipinski definition) is 2. The Morgan fingerprint density at radius 1 is 0.875 bits per heavy atom. The predicted molar refractivity (Wildman–Crippen MR) is 92.5 cm³/mol. The molecule has 6 nitrogen and oxygen atoms in total. The van der Waals surface area contributed by atoms with Crippen molar-refractivity contribution in [1.82, 2.24) is 20.0 Å². The van der Waals surface area contributed by atoms with Gasteiger partial charge in [-0.2, -0.15) is 5.10 Å². The van der Waals surface area contributed by atoms with Crippen molar-refractivity contribution in [3.63, 3.8) is 0 Å². The average Bonchev–Trinajstić information content (AvgIpc) is 3.01. The Balaban J connectivity index is 2.15. The molecular weight excluding hydrogens is 304 g/mol. The van der Waals surface area contributed by atoms with Crippen LogP contribution in [0.25, 0.3) is 27.8 Å². The second-order valence-corrected chi connectivity index (χ2v) is 5.59. The third kappa shape index (κ3) is 2.16. The van der Waals surface area contributed by atoms with Gasteiger partial charge in [-0.15, -0.1) is 0 Å². The number of nitrogens with one attached hydrogen (secondary N) is 2. The van der Waals surface area contributed by atoms with Gasteiger partial charge < -0.3 is 0 Å². The molecule has 2 aromatic heterocycles. The summed E-state index contributed by atoms with van der Waals surface area (Å²) in [5.74, 6) is 0. The summed E-state index contributed by atoms with van der Waals surface area (Å²) in [6, 6.07) is 17.2. The van der Waals surface area contributed by atoms with E-state index in [1.807, 2.05) is 61.5 Å². The molecule has 6 heteroatoms. The number of benzene rings is 2. The lowest BCUT2D eigenvalue weighted by Gasteiger charge is -2.08. The summed E-state index contributed by atoms with van der Waals surface area (Å²) in [5.41, 5.74) is 2.65. The number of rotatable bonds is 2. The first-order valence-electron chi connectivity index (χ1n) is 7.51. The molecule has 0 amide bonds. The lowest BCUT2D eigenvalue weighted by Crippen LogP contribution is -2.18. The number of aromatic amines is 2. The molecule has 0 aliphatic carbocycles. The molecule has 0 aliphatic heterocycles. The number of fused-ring (bicyclic) bond motifs is 1. The van der Waals surface area contributed by atoms with Crippen molar-refractivity contribution in [2.45, 2.75) is 6.92 Å². The quantitative estimate of drug-likeness (QED) is 0.595. The van der Waals surface area contributed by atoms with E-state index in [1.165, 1.54) is 0 Å².